The zero-order chi connectivity index (χ0) is 31.5. The Morgan fingerprint density at radius 2 is 1.93 bits per heavy atom. The van der Waals surface area contributed by atoms with Crippen molar-refractivity contribution in [1.82, 2.24) is 15.2 Å². The van der Waals surface area contributed by atoms with Crippen LogP contribution in [0.4, 0.5) is 0 Å². The fourth-order valence-electron chi connectivity index (χ4n) is 6.28. The predicted molar refractivity (Wildman–Crippen MR) is 172 cm³/mol. The van der Waals surface area contributed by atoms with Crippen LogP contribution in [0.2, 0.25) is 0 Å². The van der Waals surface area contributed by atoms with Gasteiger partial charge in [0.1, 0.15) is 12.4 Å². The van der Waals surface area contributed by atoms with Gasteiger partial charge in [-0.1, -0.05) is 25.2 Å². The number of rotatable bonds is 15. The summed E-state index contributed by atoms with van der Waals surface area (Å²) in [4.78, 5) is 31.2. The molecule has 2 atom stereocenters. The molecule has 4 rings (SSSR count). The molecule has 2 aromatic rings. The second-order valence-corrected chi connectivity index (χ2v) is 12.2. The van der Waals surface area contributed by atoms with Crippen LogP contribution in [-0.2, 0) is 9.53 Å². The monoisotopic (exact) mass is 607 g/mol. The van der Waals surface area contributed by atoms with Gasteiger partial charge in [-0.25, -0.2) is 4.98 Å². The zero-order valence-electron chi connectivity index (χ0n) is 26.5. The Balaban J connectivity index is 1.42. The molecule has 2 heterocycles. The van der Waals surface area contributed by atoms with Crippen molar-refractivity contribution in [2.75, 3.05) is 53.6 Å². The van der Waals surface area contributed by atoms with Gasteiger partial charge in [-0.3, -0.25) is 9.59 Å². The number of fused-ring (bicyclic) bond motifs is 1. The smallest absolute Gasteiger partial charge is 0.252 e. The van der Waals surface area contributed by atoms with Crippen LogP contribution in [0.15, 0.2) is 18.3 Å². The van der Waals surface area contributed by atoms with E-state index < -0.39 is 5.91 Å². The average molecular weight is 608 g/mol. The number of nitrogens with one attached hydrogen (secondary N) is 1. The summed E-state index contributed by atoms with van der Waals surface area (Å²) >= 11 is 0. The second kappa shape index (κ2) is 16.6. The minimum absolute atomic E-state index is 0.0440. The third kappa shape index (κ3) is 9.07. The molecule has 1 aromatic carbocycles. The third-order valence-electron chi connectivity index (χ3n) is 8.87. The number of primary amides is 1. The lowest BCUT2D eigenvalue weighted by atomic mass is 9.82. The average Bonchev–Trinajstić information content (AvgIpc) is 3.40. The van der Waals surface area contributed by atoms with E-state index in [-0.39, 0.29) is 23.4 Å². The van der Waals surface area contributed by atoms with Crippen LogP contribution in [0.5, 0.6) is 11.6 Å². The number of ether oxygens (including phenoxy) is 3. The van der Waals surface area contributed by atoms with Crippen LogP contribution in [0.25, 0.3) is 10.8 Å². The number of nitrogens with zero attached hydrogens (tertiary/aromatic N) is 2. The molecular weight excluding hydrogens is 558 g/mol. The van der Waals surface area contributed by atoms with Crippen molar-refractivity contribution in [2.24, 2.45) is 29.2 Å². The van der Waals surface area contributed by atoms with Crippen LogP contribution >= 0.6 is 0 Å². The van der Waals surface area contributed by atoms with Crippen LogP contribution in [0, 0.1) is 29.6 Å². The summed E-state index contributed by atoms with van der Waals surface area (Å²) < 4.78 is 17.3. The highest BCUT2D eigenvalue weighted by Crippen LogP contribution is 2.34. The molecule has 5 N–H and O–H groups in total. The summed E-state index contributed by atoms with van der Waals surface area (Å²) in [6, 6.07) is 3.38. The first-order valence-electron chi connectivity index (χ1n) is 16.0. The normalized spacial score (nSPS) is 21.6. The molecule has 0 unspecified atom stereocenters. The molecule has 1 saturated carbocycles. The van der Waals surface area contributed by atoms with E-state index in [0.717, 1.165) is 76.6 Å². The third-order valence-corrected chi connectivity index (χ3v) is 8.87. The number of nitrogens with two attached hydrogens (primary N) is 2. The fraction of sp³-hybridized carbons (Fsp3) is 0.618. The molecular formula is C34H49N5O5. The van der Waals surface area contributed by atoms with Crippen molar-refractivity contribution in [3.63, 3.8) is 0 Å². The molecule has 1 aromatic heterocycles. The molecule has 1 aliphatic heterocycles. The number of carbonyl (C=O) groups excluding carboxylic acids is 2. The van der Waals surface area contributed by atoms with E-state index in [0.29, 0.717) is 54.0 Å². The Hall–Kier alpha value is -3.39. The number of methoxy groups -OCH3 is 1. The van der Waals surface area contributed by atoms with Crippen molar-refractivity contribution in [3.8, 4) is 23.5 Å². The summed E-state index contributed by atoms with van der Waals surface area (Å²) in [5.74, 6) is 8.28. The highest BCUT2D eigenvalue weighted by Gasteiger charge is 2.31. The number of benzene rings is 1. The van der Waals surface area contributed by atoms with Crippen molar-refractivity contribution < 1.29 is 23.8 Å². The predicted octanol–water partition coefficient (Wildman–Crippen LogP) is 3.48. The van der Waals surface area contributed by atoms with Gasteiger partial charge in [-0.05, 0) is 76.1 Å². The maximum atomic E-state index is 12.2. The molecule has 2 fully saturated rings. The van der Waals surface area contributed by atoms with Crippen molar-refractivity contribution >= 4 is 22.6 Å². The lowest BCUT2D eigenvalue weighted by Gasteiger charge is -2.29. The van der Waals surface area contributed by atoms with Crippen LogP contribution in [0.3, 0.4) is 0 Å². The highest BCUT2D eigenvalue weighted by atomic mass is 16.5. The van der Waals surface area contributed by atoms with Gasteiger partial charge in [0.15, 0.2) is 0 Å². The van der Waals surface area contributed by atoms with Gasteiger partial charge in [-0.15, -0.1) is 0 Å². The van der Waals surface area contributed by atoms with E-state index >= 15 is 0 Å². The summed E-state index contributed by atoms with van der Waals surface area (Å²) in [6.45, 7) is 6.72. The molecule has 240 valence electrons. The number of pyridine rings is 1. The van der Waals surface area contributed by atoms with E-state index in [1.165, 1.54) is 7.11 Å². The molecule has 0 bridgehead atoms. The van der Waals surface area contributed by atoms with E-state index in [2.05, 4.69) is 41.0 Å². The Labute approximate surface area is 261 Å². The molecule has 0 spiro atoms. The Kier molecular flexibility index (Phi) is 12.7. The first-order chi connectivity index (χ1) is 21.3. The number of amides is 2. The SMILES string of the molecule is CC[C@@H]1CC(=O)N[C@@H]1COc1ncc(C#CC2CCC(CN(C)CCCOCCCN)CC2)c2cc(C(N)=O)c(OC)cc12. The molecule has 10 heteroatoms. The van der Waals surface area contributed by atoms with Crippen LogP contribution in [-0.4, -0.2) is 81.4 Å². The molecule has 2 aliphatic rings. The lowest BCUT2D eigenvalue weighted by molar-refractivity contribution is -0.119. The Bertz CT molecular complexity index is 1330. The largest absolute Gasteiger partial charge is 0.496 e. The highest BCUT2D eigenvalue weighted by molar-refractivity contribution is 6.03. The fourth-order valence-corrected chi connectivity index (χ4v) is 6.28. The minimum atomic E-state index is -0.580. The molecule has 1 aliphatic carbocycles. The van der Waals surface area contributed by atoms with Gasteiger partial charge >= 0.3 is 0 Å². The number of carbonyl (C=O) groups is 2. The van der Waals surface area contributed by atoms with Crippen molar-refractivity contribution in [3.05, 3.63) is 29.5 Å². The van der Waals surface area contributed by atoms with Gasteiger partial charge in [0.05, 0.1) is 24.3 Å². The van der Waals surface area contributed by atoms with Crippen molar-refractivity contribution in [1.29, 1.82) is 0 Å². The Morgan fingerprint density at radius 1 is 1.16 bits per heavy atom. The topological polar surface area (TPSA) is 142 Å². The molecule has 2 amide bonds. The molecule has 44 heavy (non-hydrogen) atoms. The zero-order valence-corrected chi connectivity index (χ0v) is 26.5. The molecule has 1 saturated heterocycles. The first kappa shape index (κ1) is 33.5. The standard InChI is InChI=1S/C34H49N5O5/c1-4-25-17-32(40)38-30(25)22-44-34-28-19-31(42-3)29(33(36)41)18-27(28)26(20-37-34)12-11-23-7-9-24(10-8-23)21-39(2)14-6-16-43-15-5-13-35/h18-20,23-25,30H,4-10,13-17,21-22,35H2,1-3H3,(H2,36,41)(H,38,40)/t23?,24?,25-,30-/m1/s1. The van der Waals surface area contributed by atoms with Crippen LogP contribution < -0.4 is 26.3 Å². The number of hydrogen-bond acceptors (Lipinski definition) is 8. The van der Waals surface area contributed by atoms with Gasteiger partial charge in [0.2, 0.25) is 11.8 Å². The van der Waals surface area contributed by atoms with Gasteiger partial charge in [0, 0.05) is 55.6 Å². The second-order valence-electron chi connectivity index (χ2n) is 12.2. The summed E-state index contributed by atoms with van der Waals surface area (Å²) in [6.07, 6.45) is 9.48. The summed E-state index contributed by atoms with van der Waals surface area (Å²) in [5, 5.41) is 4.43. The van der Waals surface area contributed by atoms with Gasteiger partial charge in [0.25, 0.3) is 5.91 Å². The number of hydrogen-bond donors (Lipinski definition) is 3. The summed E-state index contributed by atoms with van der Waals surface area (Å²) in [7, 11) is 3.69. The summed E-state index contributed by atoms with van der Waals surface area (Å²) in [5.41, 5.74) is 12.2. The van der Waals surface area contributed by atoms with E-state index in [1.807, 2.05) is 0 Å². The quantitative estimate of drug-likeness (QED) is 0.206. The van der Waals surface area contributed by atoms with Gasteiger partial charge < -0.3 is 35.9 Å². The Morgan fingerprint density at radius 3 is 2.64 bits per heavy atom. The molecule has 0 radical (unpaired) electrons. The van der Waals surface area contributed by atoms with E-state index in [9.17, 15) is 9.59 Å². The maximum Gasteiger partial charge on any atom is 0.252 e. The van der Waals surface area contributed by atoms with Crippen molar-refractivity contribution in [2.45, 2.75) is 64.3 Å². The van der Waals surface area contributed by atoms with Crippen LogP contribution in [0.1, 0.15) is 74.2 Å². The van der Waals surface area contributed by atoms with E-state index in [1.54, 1.807) is 18.3 Å². The lowest BCUT2D eigenvalue weighted by Crippen LogP contribution is -2.34. The first-order valence-corrected chi connectivity index (χ1v) is 16.0. The minimum Gasteiger partial charge on any atom is -0.496 e. The molecule has 10 nitrogen and oxygen atoms in total. The van der Waals surface area contributed by atoms with Gasteiger partial charge in [-0.2, -0.15) is 0 Å². The maximum absolute atomic E-state index is 12.2. The van der Waals surface area contributed by atoms with E-state index in [4.69, 9.17) is 25.7 Å². The number of aromatic nitrogens is 1.